The zero-order valence-corrected chi connectivity index (χ0v) is 17.5. The Labute approximate surface area is 171 Å². The number of nitrogens with zero attached hydrogens (tertiary/aromatic N) is 2. The van der Waals surface area contributed by atoms with Gasteiger partial charge in [0, 0.05) is 37.5 Å². The van der Waals surface area contributed by atoms with E-state index in [0.29, 0.717) is 6.42 Å². The molecule has 2 amide bonds. The Bertz CT molecular complexity index is 895. The van der Waals surface area contributed by atoms with Crippen molar-refractivity contribution in [2.24, 2.45) is 0 Å². The standard InChI is InChI=1S/C22H28N4O3/c1-13(2)29-22(28)25-19-10-14(3)26(15(4)27)20-8-6-16(11-18(19)20)17-7-9-21(23-5)24-12-17/h6-9,11-14,19H,10H2,1-5H3,(H,23,24)(H,25,28)/t14-,19+/m0/s1. The van der Waals surface area contributed by atoms with Gasteiger partial charge in [0.2, 0.25) is 5.91 Å². The van der Waals surface area contributed by atoms with Crippen LogP contribution in [0.1, 0.15) is 45.7 Å². The minimum absolute atomic E-state index is 0.0188. The van der Waals surface area contributed by atoms with E-state index in [1.54, 1.807) is 18.0 Å². The SMILES string of the molecule is CNc1ccc(-c2ccc3c(c2)[C@H](NC(=O)OC(C)C)C[C@H](C)N3C(C)=O)cn1. The lowest BCUT2D eigenvalue weighted by molar-refractivity contribution is -0.117. The quantitative estimate of drug-likeness (QED) is 0.813. The summed E-state index contributed by atoms with van der Waals surface area (Å²) in [4.78, 5) is 30.7. The number of fused-ring (bicyclic) bond motifs is 1. The van der Waals surface area contributed by atoms with Crippen molar-refractivity contribution in [2.45, 2.75) is 52.3 Å². The average molecular weight is 396 g/mol. The number of ether oxygens (including phenoxy) is 1. The van der Waals surface area contributed by atoms with Crippen LogP contribution in [0.4, 0.5) is 16.3 Å². The number of alkyl carbamates (subject to hydrolysis) is 1. The van der Waals surface area contributed by atoms with E-state index in [1.165, 1.54) is 0 Å². The summed E-state index contributed by atoms with van der Waals surface area (Å²) in [6.45, 7) is 7.18. The van der Waals surface area contributed by atoms with Gasteiger partial charge in [-0.15, -0.1) is 0 Å². The Morgan fingerprint density at radius 1 is 1.21 bits per heavy atom. The fraction of sp³-hybridized carbons (Fsp3) is 0.409. The minimum Gasteiger partial charge on any atom is -0.447 e. The number of carbonyl (C=O) groups is 2. The first-order valence-corrected chi connectivity index (χ1v) is 9.85. The molecule has 7 nitrogen and oxygen atoms in total. The molecule has 2 heterocycles. The van der Waals surface area contributed by atoms with E-state index >= 15 is 0 Å². The van der Waals surface area contributed by atoms with Gasteiger partial charge in [0.05, 0.1) is 12.1 Å². The Morgan fingerprint density at radius 3 is 2.52 bits per heavy atom. The number of rotatable bonds is 4. The predicted octanol–water partition coefficient (Wildman–Crippen LogP) is 4.11. The number of benzene rings is 1. The molecule has 0 spiro atoms. The van der Waals surface area contributed by atoms with Crippen molar-refractivity contribution in [3.05, 3.63) is 42.1 Å². The Morgan fingerprint density at radius 2 is 1.93 bits per heavy atom. The van der Waals surface area contributed by atoms with Crippen molar-refractivity contribution >= 4 is 23.5 Å². The van der Waals surface area contributed by atoms with E-state index in [2.05, 4.69) is 15.6 Å². The molecule has 3 rings (SSSR count). The number of aromatic nitrogens is 1. The highest BCUT2D eigenvalue weighted by molar-refractivity contribution is 5.94. The van der Waals surface area contributed by atoms with Crippen LogP contribution >= 0.6 is 0 Å². The number of hydrogen-bond donors (Lipinski definition) is 2. The van der Waals surface area contributed by atoms with Crippen LogP contribution < -0.4 is 15.5 Å². The van der Waals surface area contributed by atoms with Crippen LogP contribution in [0, 0.1) is 0 Å². The smallest absolute Gasteiger partial charge is 0.407 e. The lowest BCUT2D eigenvalue weighted by atomic mass is 9.89. The summed E-state index contributed by atoms with van der Waals surface area (Å²) in [7, 11) is 1.82. The summed E-state index contributed by atoms with van der Waals surface area (Å²) >= 11 is 0. The lowest BCUT2D eigenvalue weighted by Gasteiger charge is -2.39. The Balaban J connectivity index is 2.00. The maximum absolute atomic E-state index is 12.3. The molecule has 0 fully saturated rings. The van der Waals surface area contributed by atoms with Crippen molar-refractivity contribution in [2.75, 3.05) is 17.3 Å². The van der Waals surface area contributed by atoms with Gasteiger partial charge in [0.25, 0.3) is 0 Å². The molecule has 0 aliphatic carbocycles. The highest BCUT2D eigenvalue weighted by Crippen LogP contribution is 2.39. The van der Waals surface area contributed by atoms with Crippen molar-refractivity contribution in [1.82, 2.24) is 10.3 Å². The van der Waals surface area contributed by atoms with Crippen LogP contribution in [-0.4, -0.2) is 36.2 Å². The molecule has 1 aliphatic heterocycles. The number of pyridine rings is 1. The monoisotopic (exact) mass is 396 g/mol. The van der Waals surface area contributed by atoms with Crippen LogP contribution in [0.5, 0.6) is 0 Å². The second-order valence-corrected chi connectivity index (χ2v) is 7.58. The minimum atomic E-state index is -0.454. The number of amides is 2. The maximum atomic E-state index is 12.3. The second-order valence-electron chi connectivity index (χ2n) is 7.58. The molecule has 7 heteroatoms. The largest absolute Gasteiger partial charge is 0.447 e. The lowest BCUT2D eigenvalue weighted by Crippen LogP contribution is -2.45. The van der Waals surface area contributed by atoms with Gasteiger partial charge in [-0.25, -0.2) is 9.78 Å². The van der Waals surface area contributed by atoms with Gasteiger partial charge in [-0.2, -0.15) is 0 Å². The second kappa shape index (κ2) is 8.51. The molecule has 0 unspecified atom stereocenters. The number of anilines is 2. The van der Waals surface area contributed by atoms with Crippen molar-refractivity contribution < 1.29 is 14.3 Å². The topological polar surface area (TPSA) is 83.6 Å². The fourth-order valence-electron chi connectivity index (χ4n) is 3.76. The molecule has 0 radical (unpaired) electrons. The highest BCUT2D eigenvalue weighted by atomic mass is 16.6. The molecule has 0 saturated carbocycles. The van der Waals surface area contributed by atoms with Gasteiger partial charge in [-0.3, -0.25) is 4.79 Å². The van der Waals surface area contributed by atoms with Gasteiger partial charge in [0.1, 0.15) is 5.82 Å². The summed E-state index contributed by atoms with van der Waals surface area (Å²) in [5, 5.41) is 5.97. The van der Waals surface area contributed by atoms with Crippen LogP contribution in [0.25, 0.3) is 11.1 Å². The third-order valence-electron chi connectivity index (χ3n) is 5.01. The van der Waals surface area contributed by atoms with Gasteiger partial charge in [0.15, 0.2) is 0 Å². The molecular formula is C22H28N4O3. The Hall–Kier alpha value is -3.09. The fourth-order valence-corrected chi connectivity index (χ4v) is 3.76. The third-order valence-corrected chi connectivity index (χ3v) is 5.01. The molecule has 154 valence electrons. The molecule has 29 heavy (non-hydrogen) atoms. The summed E-state index contributed by atoms with van der Waals surface area (Å²) in [6, 6.07) is 9.56. The van der Waals surface area contributed by atoms with Crippen LogP contribution in [0.3, 0.4) is 0 Å². The first kappa shape index (κ1) is 20.6. The first-order valence-electron chi connectivity index (χ1n) is 9.85. The molecule has 0 bridgehead atoms. The van der Waals surface area contributed by atoms with Crippen LogP contribution in [0.2, 0.25) is 0 Å². The maximum Gasteiger partial charge on any atom is 0.407 e. The molecule has 2 aromatic rings. The van der Waals surface area contributed by atoms with Crippen LogP contribution in [0.15, 0.2) is 36.5 Å². The van der Waals surface area contributed by atoms with Gasteiger partial charge in [-0.1, -0.05) is 6.07 Å². The van der Waals surface area contributed by atoms with E-state index in [-0.39, 0.29) is 24.1 Å². The molecule has 0 saturated heterocycles. The van der Waals surface area contributed by atoms with E-state index in [0.717, 1.165) is 28.2 Å². The molecule has 1 aliphatic rings. The van der Waals surface area contributed by atoms with E-state index in [9.17, 15) is 9.59 Å². The summed E-state index contributed by atoms with van der Waals surface area (Å²) in [5.74, 6) is 0.772. The third kappa shape index (κ3) is 4.50. The number of carbonyl (C=O) groups excluding carboxylic acids is 2. The van der Waals surface area contributed by atoms with E-state index in [4.69, 9.17) is 4.74 Å². The van der Waals surface area contributed by atoms with Crippen molar-refractivity contribution in [3.8, 4) is 11.1 Å². The van der Waals surface area contributed by atoms with E-state index in [1.807, 2.05) is 58.2 Å². The zero-order valence-electron chi connectivity index (χ0n) is 17.5. The van der Waals surface area contributed by atoms with Gasteiger partial charge in [-0.05, 0) is 62.6 Å². The normalized spacial score (nSPS) is 18.2. The highest BCUT2D eigenvalue weighted by Gasteiger charge is 2.33. The Kier molecular flexibility index (Phi) is 6.06. The van der Waals surface area contributed by atoms with E-state index < -0.39 is 6.09 Å². The molecule has 1 aromatic carbocycles. The predicted molar refractivity (Wildman–Crippen MR) is 114 cm³/mol. The molecule has 1 aromatic heterocycles. The molecule has 2 atom stereocenters. The van der Waals surface area contributed by atoms with Gasteiger partial charge < -0.3 is 20.3 Å². The summed E-state index contributed by atoms with van der Waals surface area (Å²) in [6.07, 6.45) is 1.76. The molecule has 2 N–H and O–H groups in total. The number of nitrogens with one attached hydrogen (secondary N) is 2. The summed E-state index contributed by atoms with van der Waals surface area (Å²) < 4.78 is 5.27. The average Bonchev–Trinajstić information content (AvgIpc) is 2.67. The zero-order chi connectivity index (χ0) is 21.1. The van der Waals surface area contributed by atoms with Crippen molar-refractivity contribution in [3.63, 3.8) is 0 Å². The van der Waals surface area contributed by atoms with Crippen LogP contribution in [-0.2, 0) is 9.53 Å². The molecular weight excluding hydrogens is 368 g/mol. The van der Waals surface area contributed by atoms with Gasteiger partial charge >= 0.3 is 6.09 Å². The first-order chi connectivity index (χ1) is 13.8. The van der Waals surface area contributed by atoms with Crippen molar-refractivity contribution in [1.29, 1.82) is 0 Å². The summed E-state index contributed by atoms with van der Waals surface area (Å²) in [5.41, 5.74) is 3.65. The number of hydrogen-bond acceptors (Lipinski definition) is 5.